The summed E-state index contributed by atoms with van der Waals surface area (Å²) in [4.78, 5) is 40.8. The van der Waals surface area contributed by atoms with Gasteiger partial charge in [-0.05, 0) is 44.5 Å². The average Bonchev–Trinajstić information content (AvgIpc) is 3.07. The average molecular weight is 480 g/mol. The minimum absolute atomic E-state index is 0.0912. The standard InChI is InChI=1S/C18H17Cl3N2O7/c1-6(24)13(27)14-17(28,7(2)25)18(29,8(3)26)15(30-14)23-12-5-10(20)9(19)4-11(12)22-16(23)21/h4-5,13-15,27-29H,1-3H3/t13?,14-,15-,17+,18-/m1/s1. The fourth-order valence-electron chi connectivity index (χ4n) is 3.70. The number of aliphatic hydroxyl groups excluding tert-OH is 1. The zero-order valence-electron chi connectivity index (χ0n) is 15.9. The molecule has 9 nitrogen and oxygen atoms in total. The summed E-state index contributed by atoms with van der Waals surface area (Å²) in [5.41, 5.74) is -5.53. The first-order valence-corrected chi connectivity index (χ1v) is 9.75. The number of benzene rings is 1. The summed E-state index contributed by atoms with van der Waals surface area (Å²) in [7, 11) is 0. The van der Waals surface area contributed by atoms with E-state index in [1.807, 2.05) is 0 Å². The van der Waals surface area contributed by atoms with E-state index in [1.54, 1.807) is 0 Å². The Bertz CT molecular complexity index is 1090. The molecule has 3 rings (SSSR count). The maximum Gasteiger partial charge on any atom is 0.206 e. The monoisotopic (exact) mass is 478 g/mol. The van der Waals surface area contributed by atoms with Gasteiger partial charge in [-0.15, -0.1) is 0 Å². The lowest BCUT2D eigenvalue weighted by atomic mass is 9.73. The van der Waals surface area contributed by atoms with E-state index in [4.69, 9.17) is 39.5 Å². The molecular formula is C18H17Cl3N2O7. The van der Waals surface area contributed by atoms with Crippen LogP contribution in [-0.2, 0) is 19.1 Å². The second-order valence-corrected chi connectivity index (χ2v) is 8.27. The number of fused-ring (bicyclic) bond motifs is 1. The van der Waals surface area contributed by atoms with Crippen molar-refractivity contribution in [3.63, 3.8) is 0 Å². The van der Waals surface area contributed by atoms with Crippen LogP contribution in [0, 0.1) is 0 Å². The summed E-state index contributed by atoms with van der Waals surface area (Å²) >= 11 is 18.3. The minimum Gasteiger partial charge on any atom is -0.382 e. The molecule has 2 aromatic rings. The Balaban J connectivity index is 2.34. The Morgan fingerprint density at radius 2 is 1.60 bits per heavy atom. The molecule has 1 aliphatic rings. The molecule has 0 radical (unpaired) electrons. The first-order chi connectivity index (χ1) is 13.8. The van der Waals surface area contributed by atoms with Crippen molar-refractivity contribution < 1.29 is 34.4 Å². The fraction of sp³-hybridized carbons (Fsp3) is 0.444. The Hall–Kier alpha value is -1.59. The van der Waals surface area contributed by atoms with E-state index in [0.717, 1.165) is 25.3 Å². The fourth-order valence-corrected chi connectivity index (χ4v) is 4.29. The van der Waals surface area contributed by atoms with Crippen LogP contribution in [0.25, 0.3) is 11.0 Å². The largest absolute Gasteiger partial charge is 0.382 e. The highest BCUT2D eigenvalue weighted by atomic mass is 35.5. The van der Waals surface area contributed by atoms with Gasteiger partial charge in [-0.2, -0.15) is 0 Å². The van der Waals surface area contributed by atoms with Crippen molar-refractivity contribution in [2.75, 3.05) is 0 Å². The molecule has 0 aliphatic carbocycles. The number of ketones is 3. The van der Waals surface area contributed by atoms with Gasteiger partial charge in [0.2, 0.25) is 10.9 Å². The number of aromatic nitrogens is 2. The summed E-state index contributed by atoms with van der Waals surface area (Å²) in [6, 6.07) is 2.71. The lowest BCUT2D eigenvalue weighted by Gasteiger charge is -2.38. The van der Waals surface area contributed by atoms with E-state index in [1.165, 1.54) is 12.1 Å². The first-order valence-electron chi connectivity index (χ1n) is 8.61. The summed E-state index contributed by atoms with van der Waals surface area (Å²) in [5, 5.41) is 32.8. The smallest absolute Gasteiger partial charge is 0.206 e. The Morgan fingerprint density at radius 1 is 1.07 bits per heavy atom. The summed E-state index contributed by atoms with van der Waals surface area (Å²) in [5.74, 6) is -3.03. The topological polar surface area (TPSA) is 139 Å². The lowest BCUT2D eigenvalue weighted by Crippen LogP contribution is -2.67. The van der Waals surface area contributed by atoms with Crippen LogP contribution in [0.2, 0.25) is 15.3 Å². The van der Waals surface area contributed by atoms with Crippen LogP contribution in [0.4, 0.5) is 0 Å². The summed E-state index contributed by atoms with van der Waals surface area (Å²) in [6.07, 6.45) is -5.83. The maximum atomic E-state index is 12.6. The summed E-state index contributed by atoms with van der Waals surface area (Å²) < 4.78 is 6.62. The third-order valence-electron chi connectivity index (χ3n) is 5.33. The number of Topliss-reactive ketones (excluding diaryl/α,β-unsaturated/α-hetero) is 3. The van der Waals surface area contributed by atoms with Gasteiger partial charge in [-0.1, -0.05) is 23.2 Å². The quantitative estimate of drug-likeness (QED) is 0.586. The Labute approximate surface area is 185 Å². The van der Waals surface area contributed by atoms with Gasteiger partial charge >= 0.3 is 0 Å². The van der Waals surface area contributed by atoms with Crippen LogP contribution in [0.1, 0.15) is 27.0 Å². The molecule has 1 aromatic heterocycles. The van der Waals surface area contributed by atoms with Crippen molar-refractivity contribution in [1.82, 2.24) is 9.55 Å². The van der Waals surface area contributed by atoms with Gasteiger partial charge in [0.15, 0.2) is 29.2 Å². The van der Waals surface area contributed by atoms with Crippen LogP contribution < -0.4 is 0 Å². The molecule has 0 saturated carbocycles. The number of imidazole rings is 1. The molecule has 1 saturated heterocycles. The third-order valence-corrected chi connectivity index (χ3v) is 6.31. The molecule has 5 atom stereocenters. The highest BCUT2D eigenvalue weighted by molar-refractivity contribution is 6.42. The van der Waals surface area contributed by atoms with E-state index < -0.39 is 47.0 Å². The van der Waals surface area contributed by atoms with Gasteiger partial charge in [0.05, 0.1) is 21.1 Å². The molecule has 3 N–H and O–H groups in total. The van der Waals surface area contributed by atoms with Gasteiger partial charge in [0.25, 0.3) is 0 Å². The van der Waals surface area contributed by atoms with E-state index >= 15 is 0 Å². The zero-order chi connectivity index (χ0) is 22.8. The first kappa shape index (κ1) is 23.1. The van der Waals surface area contributed by atoms with Crippen molar-refractivity contribution in [3.05, 3.63) is 27.5 Å². The normalized spacial score (nSPS) is 29.9. The highest BCUT2D eigenvalue weighted by Crippen LogP contribution is 2.50. The van der Waals surface area contributed by atoms with Crippen LogP contribution >= 0.6 is 34.8 Å². The van der Waals surface area contributed by atoms with Crippen LogP contribution in [0.3, 0.4) is 0 Å². The molecule has 30 heavy (non-hydrogen) atoms. The van der Waals surface area contributed by atoms with Gasteiger partial charge in [0, 0.05) is 0 Å². The number of nitrogens with zero attached hydrogens (tertiary/aromatic N) is 2. The van der Waals surface area contributed by atoms with Crippen molar-refractivity contribution >= 4 is 63.2 Å². The molecule has 1 fully saturated rings. The minimum atomic E-state index is -2.97. The number of halogens is 3. The number of ether oxygens (including phenoxy) is 1. The van der Waals surface area contributed by atoms with Gasteiger partial charge < -0.3 is 20.1 Å². The number of hydrogen-bond acceptors (Lipinski definition) is 8. The number of carbonyl (C=O) groups is 3. The molecule has 2 heterocycles. The van der Waals surface area contributed by atoms with Gasteiger partial charge in [0.1, 0.15) is 12.2 Å². The Morgan fingerprint density at radius 3 is 2.10 bits per heavy atom. The van der Waals surface area contributed by atoms with Crippen molar-refractivity contribution in [2.45, 2.75) is 50.4 Å². The molecule has 12 heteroatoms. The Kier molecular flexibility index (Phi) is 5.79. The summed E-state index contributed by atoms with van der Waals surface area (Å²) in [6.45, 7) is 2.81. The van der Waals surface area contributed by atoms with Crippen LogP contribution in [0.15, 0.2) is 12.1 Å². The molecule has 0 bridgehead atoms. The predicted octanol–water partition coefficient (Wildman–Crippen LogP) is 1.48. The van der Waals surface area contributed by atoms with E-state index in [-0.39, 0.29) is 26.4 Å². The SMILES string of the molecule is CC(=O)C(O)[C@H]1O[C@@H](n2c(Cl)nc3cc(Cl)c(Cl)cc32)[C@](O)(C(C)=O)[C@]1(O)C(C)=O. The van der Waals surface area contributed by atoms with Crippen molar-refractivity contribution in [3.8, 4) is 0 Å². The molecular weight excluding hydrogens is 463 g/mol. The number of carbonyl (C=O) groups excluding carboxylic acids is 3. The molecule has 0 spiro atoms. The van der Waals surface area contributed by atoms with Crippen molar-refractivity contribution in [1.29, 1.82) is 0 Å². The van der Waals surface area contributed by atoms with E-state index in [0.29, 0.717) is 0 Å². The van der Waals surface area contributed by atoms with Gasteiger partial charge in [-0.25, -0.2) is 4.98 Å². The molecule has 1 aliphatic heterocycles. The number of hydrogen-bond donors (Lipinski definition) is 3. The van der Waals surface area contributed by atoms with Crippen LogP contribution in [0.5, 0.6) is 0 Å². The van der Waals surface area contributed by atoms with Crippen LogP contribution in [-0.4, -0.2) is 65.6 Å². The third kappa shape index (κ3) is 3.00. The van der Waals surface area contributed by atoms with Crippen molar-refractivity contribution in [2.24, 2.45) is 0 Å². The van der Waals surface area contributed by atoms with E-state index in [2.05, 4.69) is 4.98 Å². The maximum absolute atomic E-state index is 12.6. The lowest BCUT2D eigenvalue weighted by molar-refractivity contribution is -0.184. The number of rotatable bonds is 5. The van der Waals surface area contributed by atoms with Gasteiger partial charge in [-0.3, -0.25) is 19.0 Å². The zero-order valence-corrected chi connectivity index (χ0v) is 18.2. The van der Waals surface area contributed by atoms with E-state index in [9.17, 15) is 29.7 Å². The second-order valence-electron chi connectivity index (χ2n) is 7.12. The molecule has 1 unspecified atom stereocenters. The predicted molar refractivity (Wildman–Crippen MR) is 107 cm³/mol. The molecule has 1 aromatic carbocycles. The highest BCUT2D eigenvalue weighted by Gasteiger charge is 2.73. The molecule has 0 amide bonds. The second kappa shape index (κ2) is 7.52. The molecule has 162 valence electrons. The number of aliphatic hydroxyl groups is 3.